The number of nitrogens with zero attached hydrogens (tertiary/aromatic N) is 4. The maximum Gasteiger partial charge on any atom is 0.163 e. The number of carbonyl (C=O) groups excluding carboxylic acids is 2. The van der Waals surface area contributed by atoms with Gasteiger partial charge in [0.05, 0.1) is 23.5 Å². The summed E-state index contributed by atoms with van der Waals surface area (Å²) in [6.45, 7) is 11.4. The van der Waals surface area contributed by atoms with E-state index in [1.807, 2.05) is 44.9 Å². The van der Waals surface area contributed by atoms with E-state index in [1.54, 1.807) is 0 Å². The van der Waals surface area contributed by atoms with Crippen LogP contribution in [0.1, 0.15) is 88.6 Å². The zero-order valence-electron chi connectivity index (χ0n) is 25.3. The average molecular weight is 547 g/mol. The third kappa shape index (κ3) is 5.42. The monoisotopic (exact) mass is 546 g/mol. The fourth-order valence-corrected chi connectivity index (χ4v) is 7.30. The van der Waals surface area contributed by atoms with Gasteiger partial charge in [-0.15, -0.1) is 0 Å². The van der Waals surface area contributed by atoms with Gasteiger partial charge >= 0.3 is 0 Å². The number of aryl methyl sites for hydroxylation is 1. The molecule has 0 radical (unpaired) electrons. The first-order chi connectivity index (χ1) is 19.2. The lowest BCUT2D eigenvalue weighted by Crippen LogP contribution is -2.57. The van der Waals surface area contributed by atoms with Crippen molar-refractivity contribution in [2.24, 2.45) is 7.05 Å². The Kier molecular flexibility index (Phi) is 8.62. The summed E-state index contributed by atoms with van der Waals surface area (Å²) in [5.41, 5.74) is 7.00. The van der Waals surface area contributed by atoms with Gasteiger partial charge in [-0.3, -0.25) is 19.2 Å². The molecule has 5 rings (SSSR count). The van der Waals surface area contributed by atoms with Crippen molar-refractivity contribution in [2.75, 3.05) is 31.6 Å². The zero-order valence-corrected chi connectivity index (χ0v) is 25.3. The van der Waals surface area contributed by atoms with Gasteiger partial charge in [0, 0.05) is 69.7 Å². The van der Waals surface area contributed by atoms with Crippen molar-refractivity contribution in [2.45, 2.75) is 97.2 Å². The molecule has 1 saturated carbocycles. The standard InChI is InChI=1S/C33H46N4O3/c1-7-26-28(31(38)14-13-27-22(4)15-21(3)16-32(27)39)17-30-29(18-34-35(30)5)33(26)37(8-2)24-11-9-23(10-12-24)36-19-25(20-36)40-6/h15,17-18,23-25H,7-14,16,19-20H2,1-6H3. The van der Waals surface area contributed by atoms with Gasteiger partial charge in [-0.2, -0.15) is 5.10 Å². The minimum absolute atomic E-state index is 0.116. The molecule has 3 aliphatic rings. The highest BCUT2D eigenvalue weighted by molar-refractivity contribution is 6.07. The topological polar surface area (TPSA) is 67.7 Å². The molecule has 0 unspecified atom stereocenters. The molecule has 40 heavy (non-hydrogen) atoms. The SMILES string of the molecule is CCc1c(C(=O)CCC2=C(C)C=C(C)CC2=O)cc2c(cnn2C)c1N(CC)C1CCC(N2CC(OC)C2)CC1. The van der Waals surface area contributed by atoms with E-state index in [4.69, 9.17) is 4.74 Å². The van der Waals surface area contributed by atoms with E-state index in [2.05, 4.69) is 34.8 Å². The Hall–Kier alpha value is -2.77. The van der Waals surface area contributed by atoms with Crippen LogP contribution in [-0.2, 0) is 23.0 Å². The first-order valence-corrected chi connectivity index (χ1v) is 15.2. The number of anilines is 1. The fraction of sp³-hybridized carbons (Fsp3) is 0.606. The van der Waals surface area contributed by atoms with Crippen LogP contribution >= 0.6 is 0 Å². The lowest BCUT2D eigenvalue weighted by molar-refractivity contribution is -0.115. The largest absolute Gasteiger partial charge is 0.379 e. The van der Waals surface area contributed by atoms with Crippen molar-refractivity contribution in [3.05, 3.63) is 46.2 Å². The van der Waals surface area contributed by atoms with Crippen LogP contribution in [-0.4, -0.2) is 71.2 Å². The van der Waals surface area contributed by atoms with Gasteiger partial charge in [-0.25, -0.2) is 0 Å². The second-order valence-corrected chi connectivity index (χ2v) is 12.0. The van der Waals surface area contributed by atoms with Gasteiger partial charge in [-0.1, -0.05) is 18.6 Å². The van der Waals surface area contributed by atoms with Crippen molar-refractivity contribution in [1.82, 2.24) is 14.7 Å². The van der Waals surface area contributed by atoms with Crippen LogP contribution in [0.5, 0.6) is 0 Å². The summed E-state index contributed by atoms with van der Waals surface area (Å²) in [5, 5.41) is 5.74. The molecule has 1 aromatic heterocycles. The smallest absolute Gasteiger partial charge is 0.163 e. The normalized spacial score (nSPS) is 22.6. The summed E-state index contributed by atoms with van der Waals surface area (Å²) in [4.78, 5) is 31.7. The van der Waals surface area contributed by atoms with Crippen molar-refractivity contribution < 1.29 is 14.3 Å². The summed E-state index contributed by atoms with van der Waals surface area (Å²) in [5.74, 6) is 0.276. The van der Waals surface area contributed by atoms with E-state index in [1.165, 1.54) is 18.5 Å². The highest BCUT2D eigenvalue weighted by atomic mass is 16.5. The van der Waals surface area contributed by atoms with Crippen LogP contribution < -0.4 is 4.90 Å². The molecule has 0 spiro atoms. The number of likely N-dealkylation sites (tertiary alicyclic amines) is 1. The number of ketones is 2. The zero-order chi connectivity index (χ0) is 28.6. The molecule has 1 saturated heterocycles. The highest BCUT2D eigenvalue weighted by Crippen LogP contribution is 2.39. The predicted molar refractivity (Wildman–Crippen MR) is 161 cm³/mol. The van der Waals surface area contributed by atoms with Gasteiger partial charge in [-0.05, 0) is 82.1 Å². The van der Waals surface area contributed by atoms with Crippen molar-refractivity contribution in [1.29, 1.82) is 0 Å². The van der Waals surface area contributed by atoms with E-state index in [-0.39, 0.29) is 11.6 Å². The van der Waals surface area contributed by atoms with E-state index in [0.717, 1.165) is 77.6 Å². The summed E-state index contributed by atoms with van der Waals surface area (Å²) in [7, 11) is 3.77. The molecule has 0 N–H and O–H groups in total. The number of ether oxygens (including phenoxy) is 1. The van der Waals surface area contributed by atoms with Crippen LogP contribution in [0.15, 0.2) is 35.1 Å². The van der Waals surface area contributed by atoms with E-state index >= 15 is 0 Å². The Morgan fingerprint density at radius 2 is 1.88 bits per heavy atom. The first kappa shape index (κ1) is 28.7. The highest BCUT2D eigenvalue weighted by Gasteiger charge is 2.36. The number of carbonyl (C=O) groups is 2. The summed E-state index contributed by atoms with van der Waals surface area (Å²) in [6, 6.07) is 3.14. The van der Waals surface area contributed by atoms with Gasteiger partial charge in [0.15, 0.2) is 11.6 Å². The van der Waals surface area contributed by atoms with Gasteiger partial charge < -0.3 is 9.64 Å². The van der Waals surface area contributed by atoms with Crippen LogP contribution in [0.3, 0.4) is 0 Å². The number of hydrogen-bond acceptors (Lipinski definition) is 6. The predicted octanol–water partition coefficient (Wildman–Crippen LogP) is 5.80. The molecule has 0 atom stereocenters. The molecule has 0 amide bonds. The summed E-state index contributed by atoms with van der Waals surface area (Å²) < 4.78 is 7.39. The molecule has 2 aromatic rings. The maximum atomic E-state index is 13.9. The number of hydrogen-bond donors (Lipinski definition) is 0. The minimum Gasteiger partial charge on any atom is -0.379 e. The lowest BCUT2D eigenvalue weighted by atomic mass is 9.85. The second-order valence-electron chi connectivity index (χ2n) is 12.0. The van der Waals surface area contributed by atoms with Gasteiger partial charge in [0.1, 0.15) is 0 Å². The Morgan fingerprint density at radius 1 is 1.15 bits per heavy atom. The molecule has 7 heteroatoms. The fourth-order valence-electron chi connectivity index (χ4n) is 7.30. The van der Waals surface area contributed by atoms with Crippen LogP contribution in [0.25, 0.3) is 10.9 Å². The molecule has 216 valence electrons. The number of allylic oxidation sites excluding steroid dienone is 4. The molecule has 0 bridgehead atoms. The Morgan fingerprint density at radius 3 is 2.50 bits per heavy atom. The Balaban J connectivity index is 1.42. The van der Waals surface area contributed by atoms with Gasteiger partial charge in [0.25, 0.3) is 0 Å². The quantitative estimate of drug-likeness (QED) is 0.351. The Bertz CT molecular complexity index is 1340. The molecule has 7 nitrogen and oxygen atoms in total. The van der Waals surface area contributed by atoms with Crippen LogP contribution in [0.2, 0.25) is 0 Å². The molecular weight excluding hydrogens is 500 g/mol. The van der Waals surface area contributed by atoms with Crippen molar-refractivity contribution in [3.63, 3.8) is 0 Å². The first-order valence-electron chi connectivity index (χ1n) is 15.2. The maximum absolute atomic E-state index is 13.9. The van der Waals surface area contributed by atoms with Gasteiger partial charge in [0.2, 0.25) is 0 Å². The molecule has 2 aliphatic carbocycles. The summed E-state index contributed by atoms with van der Waals surface area (Å²) >= 11 is 0. The molecule has 2 heterocycles. The third-order valence-electron chi connectivity index (χ3n) is 9.56. The van der Waals surface area contributed by atoms with Crippen LogP contribution in [0.4, 0.5) is 5.69 Å². The summed E-state index contributed by atoms with van der Waals surface area (Å²) in [6.07, 6.45) is 11.2. The number of Topliss-reactive ketones (excluding diaryl/α,β-unsaturated/α-hetero) is 2. The van der Waals surface area contributed by atoms with E-state index in [9.17, 15) is 9.59 Å². The lowest BCUT2D eigenvalue weighted by Gasteiger charge is -2.47. The second kappa shape index (κ2) is 12.0. The average Bonchev–Trinajstić information content (AvgIpc) is 3.28. The minimum atomic E-state index is 0.116. The number of aromatic nitrogens is 2. The number of fused-ring (bicyclic) bond motifs is 1. The van der Waals surface area contributed by atoms with Crippen molar-refractivity contribution >= 4 is 28.2 Å². The molecule has 1 aliphatic heterocycles. The Labute approximate surface area is 239 Å². The molecule has 2 fully saturated rings. The number of methoxy groups -OCH3 is 1. The molecule has 1 aromatic carbocycles. The number of benzene rings is 1. The van der Waals surface area contributed by atoms with E-state index in [0.29, 0.717) is 37.5 Å². The van der Waals surface area contributed by atoms with E-state index < -0.39 is 0 Å². The molecular formula is C33H46N4O3. The van der Waals surface area contributed by atoms with Crippen molar-refractivity contribution in [3.8, 4) is 0 Å². The van der Waals surface area contributed by atoms with Crippen LogP contribution in [0, 0.1) is 0 Å². The third-order valence-corrected chi connectivity index (χ3v) is 9.56. The number of rotatable bonds is 10.